The standard InChI is InChI=1S/C14H19BrN2O3/c1-11-7-6-8-12(17(19)20)13(11)14(18)16(2)10-5-3-4-9-15/h6-8H,3-5,9-10H2,1-2H3. The van der Waals surface area contributed by atoms with E-state index >= 15 is 0 Å². The molecule has 0 aliphatic carbocycles. The van der Waals surface area contributed by atoms with Crippen LogP contribution in [0.3, 0.4) is 0 Å². The molecule has 1 aromatic rings. The van der Waals surface area contributed by atoms with E-state index in [1.165, 1.54) is 6.07 Å². The second-order valence-electron chi connectivity index (χ2n) is 4.70. The van der Waals surface area contributed by atoms with Crippen molar-refractivity contribution >= 4 is 27.5 Å². The van der Waals surface area contributed by atoms with Gasteiger partial charge in [-0.05, 0) is 25.3 Å². The molecule has 0 radical (unpaired) electrons. The van der Waals surface area contributed by atoms with Crippen molar-refractivity contribution in [3.63, 3.8) is 0 Å². The third-order valence-corrected chi connectivity index (χ3v) is 3.70. The average molecular weight is 343 g/mol. The van der Waals surface area contributed by atoms with Gasteiger partial charge in [-0.1, -0.05) is 34.5 Å². The summed E-state index contributed by atoms with van der Waals surface area (Å²) in [4.78, 5) is 24.5. The van der Waals surface area contributed by atoms with Gasteiger partial charge in [0.25, 0.3) is 11.6 Å². The van der Waals surface area contributed by atoms with Crippen LogP contribution in [0, 0.1) is 17.0 Å². The van der Waals surface area contributed by atoms with Crippen molar-refractivity contribution in [2.75, 3.05) is 18.9 Å². The van der Waals surface area contributed by atoms with Crippen molar-refractivity contribution in [1.29, 1.82) is 0 Å². The summed E-state index contributed by atoms with van der Waals surface area (Å²) in [6, 6.07) is 4.69. The SMILES string of the molecule is Cc1cccc([N+](=O)[O-])c1C(=O)N(C)CCCCCBr. The molecular weight excluding hydrogens is 324 g/mol. The molecule has 0 atom stereocenters. The molecule has 110 valence electrons. The predicted molar refractivity (Wildman–Crippen MR) is 82.4 cm³/mol. The average Bonchev–Trinajstić information content (AvgIpc) is 2.42. The van der Waals surface area contributed by atoms with E-state index in [9.17, 15) is 14.9 Å². The van der Waals surface area contributed by atoms with Crippen molar-refractivity contribution < 1.29 is 9.72 Å². The van der Waals surface area contributed by atoms with Crippen LogP contribution >= 0.6 is 15.9 Å². The van der Waals surface area contributed by atoms with E-state index in [4.69, 9.17) is 0 Å². The van der Waals surface area contributed by atoms with Crippen molar-refractivity contribution in [3.8, 4) is 0 Å². The number of nitrogens with zero attached hydrogens (tertiary/aromatic N) is 2. The number of carbonyl (C=O) groups excluding carboxylic acids is 1. The van der Waals surface area contributed by atoms with Crippen LogP contribution in [0.15, 0.2) is 18.2 Å². The molecule has 0 aliphatic heterocycles. The molecule has 20 heavy (non-hydrogen) atoms. The Morgan fingerprint density at radius 3 is 2.65 bits per heavy atom. The molecule has 0 aliphatic rings. The van der Waals surface area contributed by atoms with E-state index in [1.54, 1.807) is 31.0 Å². The molecule has 6 heteroatoms. The Balaban J connectivity index is 2.83. The molecule has 0 heterocycles. The molecule has 0 bridgehead atoms. The summed E-state index contributed by atoms with van der Waals surface area (Å²) in [7, 11) is 1.69. The maximum absolute atomic E-state index is 12.4. The number of benzene rings is 1. The number of hydrogen-bond acceptors (Lipinski definition) is 3. The van der Waals surface area contributed by atoms with Gasteiger partial charge in [0.2, 0.25) is 0 Å². The maximum Gasteiger partial charge on any atom is 0.282 e. The molecule has 0 saturated heterocycles. The second-order valence-corrected chi connectivity index (χ2v) is 5.50. The highest BCUT2D eigenvalue weighted by Crippen LogP contribution is 2.23. The highest BCUT2D eigenvalue weighted by Gasteiger charge is 2.24. The second kappa shape index (κ2) is 7.99. The summed E-state index contributed by atoms with van der Waals surface area (Å²) in [6.45, 7) is 2.33. The molecule has 0 aromatic heterocycles. The Morgan fingerprint density at radius 2 is 2.05 bits per heavy atom. The highest BCUT2D eigenvalue weighted by atomic mass is 79.9. The molecule has 0 N–H and O–H groups in total. The molecule has 5 nitrogen and oxygen atoms in total. The van der Waals surface area contributed by atoms with E-state index in [0.717, 1.165) is 24.6 Å². The van der Waals surface area contributed by atoms with E-state index in [0.29, 0.717) is 12.1 Å². The van der Waals surface area contributed by atoms with Crippen molar-refractivity contribution in [2.45, 2.75) is 26.2 Å². The number of amides is 1. The normalized spacial score (nSPS) is 10.3. The first kappa shape index (κ1) is 16.6. The highest BCUT2D eigenvalue weighted by molar-refractivity contribution is 9.09. The molecule has 0 unspecified atom stereocenters. The third kappa shape index (κ3) is 4.30. The summed E-state index contributed by atoms with van der Waals surface area (Å²) in [6.07, 6.45) is 2.98. The summed E-state index contributed by atoms with van der Waals surface area (Å²) >= 11 is 3.36. The zero-order valence-corrected chi connectivity index (χ0v) is 13.4. The van der Waals surface area contributed by atoms with Gasteiger partial charge >= 0.3 is 0 Å². The van der Waals surface area contributed by atoms with Crippen LogP contribution in [0.25, 0.3) is 0 Å². The first-order chi connectivity index (χ1) is 9.49. The van der Waals surface area contributed by atoms with E-state index in [1.807, 2.05) is 0 Å². The summed E-state index contributed by atoms with van der Waals surface area (Å²) in [5.74, 6) is -0.284. The molecular formula is C14H19BrN2O3. The molecule has 1 aromatic carbocycles. The summed E-state index contributed by atoms with van der Waals surface area (Å²) in [5, 5.41) is 12.0. The van der Waals surface area contributed by atoms with E-state index in [-0.39, 0.29) is 17.2 Å². The van der Waals surface area contributed by atoms with Crippen LogP contribution in [0.2, 0.25) is 0 Å². The first-order valence-electron chi connectivity index (χ1n) is 6.54. The van der Waals surface area contributed by atoms with Gasteiger partial charge in [0.1, 0.15) is 5.56 Å². The largest absolute Gasteiger partial charge is 0.341 e. The van der Waals surface area contributed by atoms with Crippen LogP contribution in [-0.4, -0.2) is 34.7 Å². The number of nitro groups is 1. The number of halogens is 1. The lowest BCUT2D eigenvalue weighted by Crippen LogP contribution is -2.29. The molecule has 1 amide bonds. The third-order valence-electron chi connectivity index (χ3n) is 3.14. The van der Waals surface area contributed by atoms with Crippen LogP contribution in [-0.2, 0) is 0 Å². The minimum Gasteiger partial charge on any atom is -0.341 e. The fourth-order valence-corrected chi connectivity index (χ4v) is 2.39. The lowest BCUT2D eigenvalue weighted by Gasteiger charge is -2.18. The van der Waals surface area contributed by atoms with Gasteiger partial charge in [0, 0.05) is 25.0 Å². The zero-order chi connectivity index (χ0) is 15.1. The Morgan fingerprint density at radius 1 is 1.35 bits per heavy atom. The van der Waals surface area contributed by atoms with Crippen LogP contribution in [0.5, 0.6) is 0 Å². The molecule has 1 rings (SSSR count). The first-order valence-corrected chi connectivity index (χ1v) is 7.66. The van der Waals surface area contributed by atoms with Gasteiger partial charge in [-0.25, -0.2) is 0 Å². The molecule has 0 saturated carbocycles. The van der Waals surface area contributed by atoms with Crippen molar-refractivity contribution in [2.24, 2.45) is 0 Å². The number of carbonyl (C=O) groups is 1. The number of unbranched alkanes of at least 4 members (excludes halogenated alkanes) is 2. The summed E-state index contributed by atoms with van der Waals surface area (Å²) < 4.78 is 0. The fraction of sp³-hybridized carbons (Fsp3) is 0.500. The van der Waals surface area contributed by atoms with Gasteiger partial charge in [0.15, 0.2) is 0 Å². The van der Waals surface area contributed by atoms with Gasteiger partial charge in [-0.2, -0.15) is 0 Å². The van der Waals surface area contributed by atoms with Gasteiger partial charge < -0.3 is 4.90 Å². The lowest BCUT2D eigenvalue weighted by molar-refractivity contribution is -0.385. The quantitative estimate of drug-likeness (QED) is 0.329. The number of rotatable bonds is 7. The van der Waals surface area contributed by atoms with Crippen LogP contribution < -0.4 is 0 Å². The minimum atomic E-state index is -0.501. The number of aryl methyl sites for hydroxylation is 1. The fourth-order valence-electron chi connectivity index (χ4n) is 2.00. The molecule has 0 fully saturated rings. The van der Waals surface area contributed by atoms with Crippen LogP contribution in [0.4, 0.5) is 5.69 Å². The lowest BCUT2D eigenvalue weighted by atomic mass is 10.1. The number of alkyl halides is 1. The Labute approximate surface area is 127 Å². The van der Waals surface area contributed by atoms with Gasteiger partial charge in [0.05, 0.1) is 4.92 Å². The van der Waals surface area contributed by atoms with Crippen molar-refractivity contribution in [1.82, 2.24) is 4.90 Å². The topological polar surface area (TPSA) is 63.5 Å². The number of hydrogen-bond donors (Lipinski definition) is 0. The Hall–Kier alpha value is -1.43. The smallest absolute Gasteiger partial charge is 0.282 e. The predicted octanol–water partition coefficient (Wildman–Crippen LogP) is 3.54. The minimum absolute atomic E-state index is 0.123. The zero-order valence-electron chi connectivity index (χ0n) is 11.8. The number of nitro benzene ring substituents is 1. The molecule has 0 spiro atoms. The Kier molecular flexibility index (Phi) is 6.64. The van der Waals surface area contributed by atoms with Crippen molar-refractivity contribution in [3.05, 3.63) is 39.4 Å². The van der Waals surface area contributed by atoms with E-state index < -0.39 is 4.92 Å². The monoisotopic (exact) mass is 342 g/mol. The van der Waals surface area contributed by atoms with Gasteiger partial charge in [-0.15, -0.1) is 0 Å². The van der Waals surface area contributed by atoms with E-state index in [2.05, 4.69) is 15.9 Å². The Bertz CT molecular complexity index is 491. The maximum atomic E-state index is 12.4. The van der Waals surface area contributed by atoms with Crippen LogP contribution in [0.1, 0.15) is 35.2 Å². The van der Waals surface area contributed by atoms with Gasteiger partial charge in [-0.3, -0.25) is 14.9 Å². The summed E-state index contributed by atoms with van der Waals surface area (Å²) in [5.41, 5.74) is 0.708.